The molecule has 3 heterocycles. The van der Waals surface area contributed by atoms with Gasteiger partial charge in [0.2, 0.25) is 0 Å². The summed E-state index contributed by atoms with van der Waals surface area (Å²) in [7, 11) is 0. The number of hydrogen-bond donors (Lipinski definition) is 0. The largest absolute Gasteiger partial charge is 0.338 e. The van der Waals surface area contributed by atoms with Crippen LogP contribution < -0.4 is 0 Å². The summed E-state index contributed by atoms with van der Waals surface area (Å²) in [5.74, 6) is 0.569. The summed E-state index contributed by atoms with van der Waals surface area (Å²) < 4.78 is 20.0. The Hall–Kier alpha value is -3.10. The minimum atomic E-state index is -0.348. The van der Waals surface area contributed by atoms with Gasteiger partial charge in [-0.15, -0.1) is 5.10 Å². The van der Waals surface area contributed by atoms with Crippen molar-refractivity contribution in [2.45, 2.75) is 32.2 Å². The SMILES string of the molecule is CCc1noc(-c2cn(C3CCN(C(=O)c4ccc(F)cc4)CC3)nn2)n1. The third-order valence-corrected chi connectivity index (χ3v) is 4.73. The van der Waals surface area contributed by atoms with Crippen molar-refractivity contribution in [1.29, 1.82) is 0 Å². The van der Waals surface area contributed by atoms with Crippen LogP contribution >= 0.6 is 0 Å². The number of carbonyl (C=O) groups excluding carboxylic acids is 1. The van der Waals surface area contributed by atoms with Crippen LogP contribution in [-0.4, -0.2) is 49.0 Å². The lowest BCUT2D eigenvalue weighted by Crippen LogP contribution is -2.39. The molecule has 0 aliphatic carbocycles. The number of hydrogen-bond acceptors (Lipinski definition) is 6. The number of halogens is 1. The van der Waals surface area contributed by atoms with E-state index in [0.717, 1.165) is 12.8 Å². The fourth-order valence-electron chi connectivity index (χ4n) is 3.16. The number of benzene rings is 1. The lowest BCUT2D eigenvalue weighted by Gasteiger charge is -2.31. The van der Waals surface area contributed by atoms with Crippen LogP contribution in [-0.2, 0) is 6.42 Å². The Bertz CT molecular complexity index is 927. The zero-order chi connectivity index (χ0) is 18.8. The molecule has 0 N–H and O–H groups in total. The van der Waals surface area contributed by atoms with Crippen LogP contribution in [0.15, 0.2) is 35.0 Å². The van der Waals surface area contributed by atoms with Crippen molar-refractivity contribution in [1.82, 2.24) is 30.0 Å². The van der Waals surface area contributed by atoms with Crippen molar-refractivity contribution < 1.29 is 13.7 Å². The standard InChI is InChI=1S/C18H19FN6O2/c1-2-16-20-17(27-22-16)15-11-25(23-21-15)14-7-9-24(10-8-14)18(26)12-3-5-13(19)6-4-12/h3-6,11,14H,2,7-10H2,1H3. The molecule has 0 unspecified atom stereocenters. The zero-order valence-corrected chi connectivity index (χ0v) is 14.9. The van der Waals surface area contributed by atoms with E-state index < -0.39 is 0 Å². The monoisotopic (exact) mass is 370 g/mol. The average molecular weight is 370 g/mol. The number of aromatic nitrogens is 5. The molecule has 0 bridgehead atoms. The van der Waals surface area contributed by atoms with Gasteiger partial charge in [0.25, 0.3) is 11.8 Å². The van der Waals surface area contributed by atoms with E-state index in [0.29, 0.717) is 42.5 Å². The Morgan fingerprint density at radius 3 is 2.67 bits per heavy atom. The molecule has 0 saturated carbocycles. The molecule has 2 aromatic heterocycles. The minimum absolute atomic E-state index is 0.0781. The number of aryl methyl sites for hydroxylation is 1. The van der Waals surface area contributed by atoms with Crippen molar-refractivity contribution in [3.8, 4) is 11.6 Å². The van der Waals surface area contributed by atoms with E-state index >= 15 is 0 Å². The molecule has 0 spiro atoms. The maximum atomic E-state index is 13.0. The lowest BCUT2D eigenvalue weighted by molar-refractivity contribution is 0.0689. The maximum Gasteiger partial charge on any atom is 0.280 e. The van der Waals surface area contributed by atoms with Gasteiger partial charge in [-0.3, -0.25) is 4.79 Å². The molecule has 27 heavy (non-hydrogen) atoms. The van der Waals surface area contributed by atoms with E-state index in [1.807, 2.05) is 6.92 Å². The number of amides is 1. The lowest BCUT2D eigenvalue weighted by atomic mass is 10.0. The van der Waals surface area contributed by atoms with Gasteiger partial charge in [-0.2, -0.15) is 4.98 Å². The predicted molar refractivity (Wildman–Crippen MR) is 93.3 cm³/mol. The van der Waals surface area contributed by atoms with Crippen molar-refractivity contribution >= 4 is 5.91 Å². The van der Waals surface area contributed by atoms with E-state index in [1.54, 1.807) is 15.8 Å². The molecule has 9 heteroatoms. The van der Waals surface area contributed by atoms with Gasteiger partial charge in [0.05, 0.1) is 12.2 Å². The second kappa shape index (κ2) is 7.26. The van der Waals surface area contributed by atoms with Gasteiger partial charge in [0.15, 0.2) is 11.5 Å². The van der Waals surface area contributed by atoms with Crippen molar-refractivity contribution in [2.24, 2.45) is 0 Å². The summed E-state index contributed by atoms with van der Waals surface area (Å²) in [5.41, 5.74) is 1.05. The molecule has 1 aromatic carbocycles. The predicted octanol–water partition coefficient (Wildman–Crippen LogP) is 2.51. The first-order valence-electron chi connectivity index (χ1n) is 8.93. The van der Waals surface area contributed by atoms with Gasteiger partial charge in [0.1, 0.15) is 5.82 Å². The summed E-state index contributed by atoms with van der Waals surface area (Å²) in [5, 5.41) is 12.2. The fourth-order valence-corrected chi connectivity index (χ4v) is 3.16. The molecule has 140 valence electrons. The molecule has 0 radical (unpaired) electrons. The van der Waals surface area contributed by atoms with Crippen LogP contribution in [0.3, 0.4) is 0 Å². The van der Waals surface area contributed by atoms with Gasteiger partial charge in [-0.1, -0.05) is 17.3 Å². The molecule has 8 nitrogen and oxygen atoms in total. The highest BCUT2D eigenvalue weighted by atomic mass is 19.1. The molecular formula is C18H19FN6O2. The molecule has 3 aromatic rings. The van der Waals surface area contributed by atoms with E-state index in [4.69, 9.17) is 4.52 Å². The van der Waals surface area contributed by atoms with Crippen molar-refractivity contribution in [3.63, 3.8) is 0 Å². The third kappa shape index (κ3) is 3.57. The molecule has 1 aliphatic heterocycles. The van der Waals surface area contributed by atoms with Crippen molar-refractivity contribution in [2.75, 3.05) is 13.1 Å². The molecule has 1 saturated heterocycles. The Labute approximate surface area is 155 Å². The molecule has 0 atom stereocenters. The number of nitrogens with zero attached hydrogens (tertiary/aromatic N) is 6. The molecule has 1 amide bonds. The quantitative estimate of drug-likeness (QED) is 0.701. The minimum Gasteiger partial charge on any atom is -0.338 e. The number of rotatable bonds is 4. The summed E-state index contributed by atoms with van der Waals surface area (Å²) in [6.45, 7) is 3.17. The van der Waals surface area contributed by atoms with Crippen LogP contribution in [0.25, 0.3) is 11.6 Å². The first-order chi connectivity index (χ1) is 13.1. The van der Waals surface area contributed by atoms with Crippen LogP contribution in [0.4, 0.5) is 4.39 Å². The molecule has 1 fully saturated rings. The Kier molecular flexibility index (Phi) is 4.66. The van der Waals surface area contributed by atoms with E-state index in [1.165, 1.54) is 24.3 Å². The summed E-state index contributed by atoms with van der Waals surface area (Å²) >= 11 is 0. The topological polar surface area (TPSA) is 89.9 Å². The number of piperidine rings is 1. The van der Waals surface area contributed by atoms with Gasteiger partial charge in [0, 0.05) is 25.1 Å². The first-order valence-corrected chi connectivity index (χ1v) is 8.93. The van der Waals surface area contributed by atoms with Crippen LogP contribution in [0.5, 0.6) is 0 Å². The number of likely N-dealkylation sites (tertiary alicyclic amines) is 1. The van der Waals surface area contributed by atoms with E-state index in [9.17, 15) is 9.18 Å². The number of carbonyl (C=O) groups is 1. The zero-order valence-electron chi connectivity index (χ0n) is 14.9. The van der Waals surface area contributed by atoms with Crippen molar-refractivity contribution in [3.05, 3.63) is 47.7 Å². The van der Waals surface area contributed by atoms with Gasteiger partial charge < -0.3 is 9.42 Å². The smallest absolute Gasteiger partial charge is 0.280 e. The maximum absolute atomic E-state index is 13.0. The Balaban J connectivity index is 1.39. The Morgan fingerprint density at radius 2 is 2.00 bits per heavy atom. The molecule has 1 aliphatic rings. The van der Waals surface area contributed by atoms with E-state index in [-0.39, 0.29) is 17.8 Å². The van der Waals surface area contributed by atoms with Crippen LogP contribution in [0, 0.1) is 5.82 Å². The first kappa shape index (κ1) is 17.3. The van der Waals surface area contributed by atoms with Crippen LogP contribution in [0.2, 0.25) is 0 Å². The second-order valence-electron chi connectivity index (χ2n) is 6.48. The highest BCUT2D eigenvalue weighted by Gasteiger charge is 2.26. The van der Waals surface area contributed by atoms with Gasteiger partial charge in [-0.05, 0) is 37.1 Å². The summed E-state index contributed by atoms with van der Waals surface area (Å²) in [6, 6.07) is 5.79. The van der Waals surface area contributed by atoms with E-state index in [2.05, 4.69) is 20.5 Å². The second-order valence-corrected chi connectivity index (χ2v) is 6.48. The summed E-state index contributed by atoms with van der Waals surface area (Å²) in [6.07, 6.45) is 4.02. The van der Waals surface area contributed by atoms with Gasteiger partial charge >= 0.3 is 0 Å². The van der Waals surface area contributed by atoms with Gasteiger partial charge in [-0.25, -0.2) is 9.07 Å². The highest BCUT2D eigenvalue weighted by Crippen LogP contribution is 2.24. The summed E-state index contributed by atoms with van der Waals surface area (Å²) in [4.78, 5) is 18.6. The van der Waals surface area contributed by atoms with Crippen LogP contribution in [0.1, 0.15) is 42.0 Å². The molecular weight excluding hydrogens is 351 g/mol. The normalized spacial score (nSPS) is 15.3. The average Bonchev–Trinajstić information content (AvgIpc) is 3.37. The Morgan fingerprint density at radius 1 is 1.26 bits per heavy atom. The highest BCUT2D eigenvalue weighted by molar-refractivity contribution is 5.94. The fraction of sp³-hybridized carbons (Fsp3) is 0.389. The molecule has 4 rings (SSSR count). The third-order valence-electron chi connectivity index (χ3n) is 4.73.